The lowest BCUT2D eigenvalue weighted by Gasteiger charge is -2.09. The minimum atomic E-state index is -0.0347. The summed E-state index contributed by atoms with van der Waals surface area (Å²) in [5.41, 5.74) is 0. The molecule has 0 radical (unpaired) electrons. The predicted molar refractivity (Wildman–Crippen MR) is 34.9 cm³/mol. The SMILES string of the molecule is CCNC(=O)N(C)C.[HH]. The fourth-order valence-corrected chi connectivity index (χ4v) is 0.309. The fourth-order valence-electron chi connectivity index (χ4n) is 0.309. The topological polar surface area (TPSA) is 32.3 Å². The summed E-state index contributed by atoms with van der Waals surface area (Å²) in [6, 6.07) is -0.0347. The van der Waals surface area contributed by atoms with Crippen molar-refractivity contribution >= 4 is 6.03 Å². The van der Waals surface area contributed by atoms with Crippen LogP contribution in [-0.4, -0.2) is 31.6 Å². The van der Waals surface area contributed by atoms with Crippen LogP contribution in [0.1, 0.15) is 8.35 Å². The molecule has 3 nitrogen and oxygen atoms in total. The van der Waals surface area contributed by atoms with Crippen LogP contribution in [0.25, 0.3) is 0 Å². The highest BCUT2D eigenvalue weighted by atomic mass is 16.2. The van der Waals surface area contributed by atoms with Crippen molar-refractivity contribution in [2.45, 2.75) is 6.92 Å². The highest BCUT2D eigenvalue weighted by molar-refractivity contribution is 5.73. The molecule has 0 spiro atoms. The Bertz CT molecular complexity index is 85.0. The van der Waals surface area contributed by atoms with Gasteiger partial charge < -0.3 is 10.2 Å². The zero-order chi connectivity index (χ0) is 6.57. The summed E-state index contributed by atoms with van der Waals surface area (Å²) in [7, 11) is 3.43. The molecule has 0 unspecified atom stereocenters. The van der Waals surface area contributed by atoms with Gasteiger partial charge >= 0.3 is 6.03 Å². The first kappa shape index (κ1) is 7.27. The molecule has 0 saturated heterocycles. The number of carbonyl (C=O) groups is 1. The number of rotatable bonds is 1. The van der Waals surface area contributed by atoms with E-state index >= 15 is 0 Å². The average molecular weight is 118 g/mol. The van der Waals surface area contributed by atoms with Crippen LogP contribution in [0.15, 0.2) is 0 Å². The van der Waals surface area contributed by atoms with Crippen LogP contribution in [0.5, 0.6) is 0 Å². The van der Waals surface area contributed by atoms with Crippen molar-refractivity contribution in [3.63, 3.8) is 0 Å². The number of hydrogen-bond donors (Lipinski definition) is 1. The Morgan fingerprint density at radius 2 is 2.25 bits per heavy atom. The Morgan fingerprint density at radius 3 is 2.38 bits per heavy atom. The van der Waals surface area contributed by atoms with Crippen LogP contribution in [0, 0.1) is 0 Å². The molecule has 0 rings (SSSR count). The molecule has 0 aliphatic carbocycles. The number of urea groups is 1. The molecule has 8 heavy (non-hydrogen) atoms. The quantitative estimate of drug-likeness (QED) is 0.535. The van der Waals surface area contributed by atoms with Gasteiger partial charge in [-0.25, -0.2) is 4.79 Å². The Labute approximate surface area is 51.2 Å². The second-order valence-corrected chi connectivity index (χ2v) is 1.73. The van der Waals surface area contributed by atoms with E-state index in [4.69, 9.17) is 0 Å². The summed E-state index contributed by atoms with van der Waals surface area (Å²) >= 11 is 0. The molecular formula is C5H14N2O. The van der Waals surface area contributed by atoms with E-state index in [2.05, 4.69) is 5.32 Å². The summed E-state index contributed by atoms with van der Waals surface area (Å²) in [6.07, 6.45) is 0. The van der Waals surface area contributed by atoms with Gasteiger partial charge in [-0.05, 0) is 6.92 Å². The number of hydrogen-bond acceptors (Lipinski definition) is 1. The normalized spacial score (nSPS) is 8.38. The first-order valence-corrected chi connectivity index (χ1v) is 2.63. The maximum absolute atomic E-state index is 10.6. The second-order valence-electron chi connectivity index (χ2n) is 1.73. The van der Waals surface area contributed by atoms with Crippen LogP contribution in [0.4, 0.5) is 4.79 Å². The van der Waals surface area contributed by atoms with Gasteiger partial charge in [0.15, 0.2) is 0 Å². The smallest absolute Gasteiger partial charge is 0.316 e. The van der Waals surface area contributed by atoms with Crippen LogP contribution >= 0.6 is 0 Å². The lowest BCUT2D eigenvalue weighted by atomic mass is 10.7. The molecule has 0 heterocycles. The molecule has 0 saturated carbocycles. The number of amides is 2. The Morgan fingerprint density at radius 1 is 1.75 bits per heavy atom. The zero-order valence-corrected chi connectivity index (χ0v) is 5.56. The number of nitrogens with one attached hydrogen (secondary N) is 1. The molecular weight excluding hydrogens is 104 g/mol. The van der Waals surface area contributed by atoms with E-state index in [0.717, 1.165) is 0 Å². The second kappa shape index (κ2) is 3.29. The van der Waals surface area contributed by atoms with E-state index in [0.29, 0.717) is 6.54 Å². The monoisotopic (exact) mass is 118 g/mol. The molecule has 0 atom stereocenters. The van der Waals surface area contributed by atoms with Crippen molar-refractivity contribution in [3.8, 4) is 0 Å². The van der Waals surface area contributed by atoms with Gasteiger partial charge in [-0.15, -0.1) is 0 Å². The molecule has 0 aromatic carbocycles. The molecule has 0 fully saturated rings. The van der Waals surface area contributed by atoms with Crippen LogP contribution < -0.4 is 5.32 Å². The van der Waals surface area contributed by atoms with Crippen molar-refractivity contribution in [3.05, 3.63) is 0 Å². The van der Waals surface area contributed by atoms with Gasteiger partial charge in [0.25, 0.3) is 0 Å². The van der Waals surface area contributed by atoms with Crippen molar-refractivity contribution in [1.29, 1.82) is 0 Å². The average Bonchev–Trinajstić information content (AvgIpc) is 1.67. The largest absolute Gasteiger partial charge is 0.338 e. The van der Waals surface area contributed by atoms with E-state index in [-0.39, 0.29) is 7.46 Å². The predicted octanol–water partition coefficient (Wildman–Crippen LogP) is 0.524. The van der Waals surface area contributed by atoms with Gasteiger partial charge in [0.2, 0.25) is 0 Å². The van der Waals surface area contributed by atoms with Crippen molar-refractivity contribution in [2.24, 2.45) is 0 Å². The minimum Gasteiger partial charge on any atom is -0.338 e. The third kappa shape index (κ3) is 2.44. The molecule has 0 aliphatic heterocycles. The van der Waals surface area contributed by atoms with Crippen LogP contribution in [-0.2, 0) is 0 Å². The molecule has 0 aromatic heterocycles. The number of carbonyl (C=O) groups excluding carboxylic acids is 1. The third-order valence-electron chi connectivity index (χ3n) is 0.734. The third-order valence-corrected chi connectivity index (χ3v) is 0.734. The summed E-state index contributed by atoms with van der Waals surface area (Å²) in [6.45, 7) is 2.58. The highest BCUT2D eigenvalue weighted by Crippen LogP contribution is 1.73. The molecule has 0 aliphatic rings. The molecule has 2 amide bonds. The molecule has 1 N–H and O–H groups in total. The van der Waals surface area contributed by atoms with Crippen LogP contribution in [0.2, 0.25) is 0 Å². The van der Waals surface area contributed by atoms with E-state index in [1.807, 2.05) is 6.92 Å². The first-order valence-electron chi connectivity index (χ1n) is 2.63. The van der Waals surface area contributed by atoms with Gasteiger partial charge in [0.05, 0.1) is 0 Å². The molecule has 3 heteroatoms. The summed E-state index contributed by atoms with van der Waals surface area (Å²) in [5.74, 6) is 0. The maximum atomic E-state index is 10.6. The van der Waals surface area contributed by atoms with E-state index in [1.54, 1.807) is 14.1 Å². The van der Waals surface area contributed by atoms with Gasteiger partial charge in [0.1, 0.15) is 0 Å². The minimum absolute atomic E-state index is 0. The van der Waals surface area contributed by atoms with Crippen molar-refractivity contribution in [2.75, 3.05) is 20.6 Å². The molecule has 0 aromatic rings. The summed E-state index contributed by atoms with van der Waals surface area (Å²) in [5, 5.41) is 2.63. The Balaban J connectivity index is 0. The summed E-state index contributed by atoms with van der Waals surface area (Å²) in [4.78, 5) is 12.1. The first-order chi connectivity index (χ1) is 3.68. The zero-order valence-electron chi connectivity index (χ0n) is 5.56. The van der Waals surface area contributed by atoms with Gasteiger partial charge in [0, 0.05) is 22.1 Å². The standard InChI is InChI=1S/C5H12N2O.H2/c1-4-6-5(8)7(2)3;/h4H2,1-3H3,(H,6,8);1H. The lowest BCUT2D eigenvalue weighted by Crippen LogP contribution is -2.34. The van der Waals surface area contributed by atoms with Gasteiger partial charge in [-0.2, -0.15) is 0 Å². The van der Waals surface area contributed by atoms with E-state index in [9.17, 15) is 4.79 Å². The fraction of sp³-hybridized carbons (Fsp3) is 0.800. The van der Waals surface area contributed by atoms with Crippen molar-refractivity contribution in [1.82, 2.24) is 10.2 Å². The van der Waals surface area contributed by atoms with Gasteiger partial charge in [-0.1, -0.05) is 0 Å². The van der Waals surface area contributed by atoms with E-state index in [1.165, 1.54) is 4.90 Å². The molecule has 0 bridgehead atoms. The number of nitrogens with zero attached hydrogens (tertiary/aromatic N) is 1. The summed E-state index contributed by atoms with van der Waals surface area (Å²) < 4.78 is 0. The van der Waals surface area contributed by atoms with Crippen LogP contribution in [0.3, 0.4) is 0 Å². The van der Waals surface area contributed by atoms with Crippen molar-refractivity contribution < 1.29 is 6.22 Å². The molecule has 50 valence electrons. The van der Waals surface area contributed by atoms with Gasteiger partial charge in [-0.3, -0.25) is 0 Å². The highest BCUT2D eigenvalue weighted by Gasteiger charge is 1.96. The lowest BCUT2D eigenvalue weighted by molar-refractivity contribution is 0.218. The Kier molecular flexibility index (Phi) is 2.99. The Hall–Kier alpha value is -0.730. The van der Waals surface area contributed by atoms with E-state index < -0.39 is 0 Å². The maximum Gasteiger partial charge on any atom is 0.316 e.